The first-order valence-corrected chi connectivity index (χ1v) is 3.86. The molecular formula is C7H9N3O4. The van der Waals surface area contributed by atoms with Crippen LogP contribution in [0.25, 0.3) is 0 Å². The van der Waals surface area contributed by atoms with Gasteiger partial charge in [-0.05, 0) is 0 Å². The zero-order valence-corrected chi connectivity index (χ0v) is 7.16. The van der Waals surface area contributed by atoms with Crippen LogP contribution in [0.2, 0.25) is 0 Å². The first-order valence-electron chi connectivity index (χ1n) is 3.86. The van der Waals surface area contributed by atoms with E-state index in [4.69, 9.17) is 5.11 Å². The predicted octanol–water partition coefficient (Wildman–Crippen LogP) is -2.21. The van der Waals surface area contributed by atoms with Crippen molar-refractivity contribution in [2.75, 3.05) is 13.2 Å². The van der Waals surface area contributed by atoms with Gasteiger partial charge in [-0.1, -0.05) is 0 Å². The molecule has 1 heterocycles. The lowest BCUT2D eigenvalue weighted by atomic mass is 10.3. The molecule has 0 aliphatic heterocycles. The monoisotopic (exact) mass is 199 g/mol. The zero-order chi connectivity index (χ0) is 10.6. The van der Waals surface area contributed by atoms with Gasteiger partial charge in [-0.25, -0.2) is 4.79 Å². The molecule has 0 aliphatic rings. The lowest BCUT2D eigenvalue weighted by Crippen LogP contribution is -2.34. The van der Waals surface area contributed by atoms with E-state index in [0.29, 0.717) is 0 Å². The Labute approximate surface area is 77.8 Å². The summed E-state index contributed by atoms with van der Waals surface area (Å²) in [5.41, 5.74) is -1.63. The van der Waals surface area contributed by atoms with E-state index in [1.54, 1.807) is 0 Å². The Hall–Kier alpha value is -1.89. The van der Waals surface area contributed by atoms with E-state index in [1.165, 1.54) is 0 Å². The fourth-order valence-electron chi connectivity index (χ4n) is 0.843. The molecule has 0 atom stereocenters. The number of aromatic nitrogens is 2. The van der Waals surface area contributed by atoms with Crippen LogP contribution in [-0.2, 0) is 0 Å². The van der Waals surface area contributed by atoms with Gasteiger partial charge in [0.05, 0.1) is 6.61 Å². The summed E-state index contributed by atoms with van der Waals surface area (Å²) in [6.45, 7) is -0.162. The quantitative estimate of drug-likeness (QED) is 0.441. The molecule has 0 bridgehead atoms. The van der Waals surface area contributed by atoms with Crippen LogP contribution in [0.1, 0.15) is 10.4 Å². The van der Waals surface area contributed by atoms with E-state index in [1.807, 2.05) is 4.98 Å². The van der Waals surface area contributed by atoms with Crippen molar-refractivity contribution >= 4 is 5.91 Å². The molecular weight excluding hydrogens is 190 g/mol. The van der Waals surface area contributed by atoms with E-state index in [0.717, 1.165) is 6.20 Å². The van der Waals surface area contributed by atoms with E-state index in [9.17, 15) is 14.4 Å². The maximum atomic E-state index is 11.2. The van der Waals surface area contributed by atoms with Crippen LogP contribution in [0.5, 0.6) is 0 Å². The Morgan fingerprint density at radius 3 is 2.79 bits per heavy atom. The van der Waals surface area contributed by atoms with Gasteiger partial charge in [-0.2, -0.15) is 0 Å². The summed E-state index contributed by atoms with van der Waals surface area (Å²) in [6.07, 6.45) is 1.02. The van der Waals surface area contributed by atoms with Crippen LogP contribution in [0, 0.1) is 0 Å². The van der Waals surface area contributed by atoms with Crippen LogP contribution in [0.4, 0.5) is 0 Å². The highest BCUT2D eigenvalue weighted by atomic mass is 16.3. The molecule has 0 radical (unpaired) electrons. The first-order chi connectivity index (χ1) is 6.65. The van der Waals surface area contributed by atoms with E-state index >= 15 is 0 Å². The van der Waals surface area contributed by atoms with Crippen LogP contribution in [-0.4, -0.2) is 34.1 Å². The number of aromatic amines is 2. The Balaban J connectivity index is 2.91. The van der Waals surface area contributed by atoms with E-state index in [2.05, 4.69) is 10.3 Å². The molecule has 1 aromatic heterocycles. The molecule has 0 aliphatic carbocycles. The van der Waals surface area contributed by atoms with Crippen molar-refractivity contribution in [3.05, 3.63) is 32.6 Å². The topological polar surface area (TPSA) is 115 Å². The van der Waals surface area contributed by atoms with Crippen LogP contribution < -0.4 is 16.6 Å². The standard InChI is InChI=1S/C7H9N3O4/c11-2-1-8-5(12)4-3-9-7(14)10-6(4)13/h3,11H,1-2H2,(H,8,12)(H2,9,10,13,14). The van der Waals surface area contributed by atoms with Gasteiger partial charge in [-0.3, -0.25) is 14.6 Å². The molecule has 1 aromatic rings. The third-order valence-corrected chi connectivity index (χ3v) is 1.46. The molecule has 0 saturated carbocycles. The van der Waals surface area contributed by atoms with Gasteiger partial charge in [-0.15, -0.1) is 0 Å². The molecule has 1 rings (SSSR count). The molecule has 0 fully saturated rings. The Kier molecular flexibility index (Phi) is 3.19. The molecule has 0 aromatic carbocycles. The molecule has 14 heavy (non-hydrogen) atoms. The lowest BCUT2D eigenvalue weighted by Gasteiger charge is -2.00. The summed E-state index contributed by atoms with van der Waals surface area (Å²) in [7, 11) is 0. The Morgan fingerprint density at radius 2 is 2.21 bits per heavy atom. The minimum Gasteiger partial charge on any atom is -0.395 e. The van der Waals surface area contributed by atoms with Crippen LogP contribution in [0.15, 0.2) is 15.8 Å². The fraction of sp³-hybridized carbons (Fsp3) is 0.286. The number of carbonyl (C=O) groups excluding carboxylic acids is 1. The highest BCUT2D eigenvalue weighted by Crippen LogP contribution is 1.83. The summed E-state index contributed by atoms with van der Waals surface area (Å²) >= 11 is 0. The molecule has 7 nitrogen and oxygen atoms in total. The van der Waals surface area contributed by atoms with Crippen molar-refractivity contribution in [2.45, 2.75) is 0 Å². The maximum absolute atomic E-state index is 11.2. The molecule has 0 saturated heterocycles. The summed E-state index contributed by atoms with van der Waals surface area (Å²) in [4.78, 5) is 36.9. The third-order valence-electron chi connectivity index (χ3n) is 1.46. The highest BCUT2D eigenvalue weighted by molar-refractivity contribution is 5.93. The fourth-order valence-corrected chi connectivity index (χ4v) is 0.843. The molecule has 7 heteroatoms. The third kappa shape index (κ3) is 2.30. The number of H-pyrrole nitrogens is 2. The molecule has 0 unspecified atom stereocenters. The van der Waals surface area contributed by atoms with E-state index in [-0.39, 0.29) is 18.7 Å². The summed E-state index contributed by atoms with van der Waals surface area (Å²) in [5, 5.41) is 10.7. The molecule has 1 amide bonds. The van der Waals surface area contributed by atoms with E-state index < -0.39 is 17.2 Å². The van der Waals surface area contributed by atoms with Gasteiger partial charge in [0, 0.05) is 12.7 Å². The van der Waals surface area contributed by atoms with Crippen molar-refractivity contribution in [1.82, 2.24) is 15.3 Å². The second-order valence-corrected chi connectivity index (χ2v) is 2.47. The Morgan fingerprint density at radius 1 is 1.50 bits per heavy atom. The number of carbonyl (C=O) groups is 1. The number of aliphatic hydroxyl groups is 1. The van der Waals surface area contributed by atoms with Gasteiger partial charge < -0.3 is 15.4 Å². The largest absolute Gasteiger partial charge is 0.395 e. The summed E-state index contributed by atoms with van der Waals surface area (Å²) < 4.78 is 0. The van der Waals surface area contributed by atoms with Crippen molar-refractivity contribution in [3.63, 3.8) is 0 Å². The van der Waals surface area contributed by atoms with Crippen molar-refractivity contribution in [1.29, 1.82) is 0 Å². The number of aliphatic hydroxyl groups excluding tert-OH is 1. The Bertz CT molecular complexity index is 433. The van der Waals surface area contributed by atoms with Gasteiger partial charge in [0.15, 0.2) is 0 Å². The summed E-state index contributed by atoms with van der Waals surface area (Å²) in [6, 6.07) is 0. The lowest BCUT2D eigenvalue weighted by molar-refractivity contribution is 0.0942. The average molecular weight is 199 g/mol. The minimum absolute atomic E-state index is 0.0530. The normalized spacial score (nSPS) is 9.79. The van der Waals surface area contributed by atoms with Gasteiger partial charge in [0.2, 0.25) is 0 Å². The number of rotatable bonds is 3. The van der Waals surface area contributed by atoms with Gasteiger partial charge in [0.1, 0.15) is 5.56 Å². The number of nitrogens with one attached hydrogen (secondary N) is 3. The summed E-state index contributed by atoms with van der Waals surface area (Å²) in [5.74, 6) is -0.642. The smallest absolute Gasteiger partial charge is 0.325 e. The number of hydrogen-bond acceptors (Lipinski definition) is 4. The highest BCUT2D eigenvalue weighted by Gasteiger charge is 2.09. The molecule has 76 valence electrons. The van der Waals surface area contributed by atoms with Gasteiger partial charge >= 0.3 is 5.69 Å². The van der Waals surface area contributed by atoms with Crippen LogP contribution >= 0.6 is 0 Å². The minimum atomic E-state index is -0.760. The van der Waals surface area contributed by atoms with Crippen molar-refractivity contribution in [3.8, 4) is 0 Å². The number of amides is 1. The second-order valence-electron chi connectivity index (χ2n) is 2.47. The van der Waals surface area contributed by atoms with Crippen LogP contribution in [0.3, 0.4) is 0 Å². The average Bonchev–Trinajstić information content (AvgIpc) is 2.14. The second kappa shape index (κ2) is 4.38. The molecule has 0 spiro atoms. The van der Waals surface area contributed by atoms with Crippen molar-refractivity contribution < 1.29 is 9.90 Å². The van der Waals surface area contributed by atoms with Gasteiger partial charge in [0.25, 0.3) is 11.5 Å². The molecule has 4 N–H and O–H groups in total. The van der Waals surface area contributed by atoms with Crippen molar-refractivity contribution in [2.24, 2.45) is 0 Å². The SMILES string of the molecule is O=C(NCCO)c1c[nH]c(=O)[nH]c1=O. The maximum Gasteiger partial charge on any atom is 0.325 e. The zero-order valence-electron chi connectivity index (χ0n) is 7.16. The number of hydrogen-bond donors (Lipinski definition) is 4. The first kappa shape index (κ1) is 10.2. The predicted molar refractivity (Wildman–Crippen MR) is 47.1 cm³/mol.